The normalized spacial score (nSPS) is 13.8. The summed E-state index contributed by atoms with van der Waals surface area (Å²) in [6.07, 6.45) is 1.09. The number of fused-ring (bicyclic) bond motifs is 1. The fourth-order valence-corrected chi connectivity index (χ4v) is 7.86. The number of hydrogen-bond donors (Lipinski definition) is 1. The van der Waals surface area contributed by atoms with Crippen LogP contribution in [0.15, 0.2) is 72.8 Å². The Morgan fingerprint density at radius 1 is 0.700 bits per heavy atom. The van der Waals surface area contributed by atoms with Crippen molar-refractivity contribution in [3.05, 3.63) is 99.5 Å². The lowest BCUT2D eigenvalue weighted by molar-refractivity contribution is -0.0366. The van der Waals surface area contributed by atoms with Gasteiger partial charge in [0.1, 0.15) is 6.61 Å². The van der Waals surface area contributed by atoms with E-state index in [9.17, 15) is 13.2 Å². The maximum Gasteiger partial charge on any atom is 0.456 e. The van der Waals surface area contributed by atoms with Gasteiger partial charge in [0.05, 0.1) is 87.4 Å². The molecule has 1 saturated heterocycles. The second-order valence-corrected chi connectivity index (χ2v) is 16.5. The van der Waals surface area contributed by atoms with E-state index in [0.29, 0.717) is 120 Å². The largest absolute Gasteiger partial charge is 0.475 e. The predicted molar refractivity (Wildman–Crippen MR) is 246 cm³/mol. The first-order chi connectivity index (χ1) is 29.2. The Bertz CT molecular complexity index is 1740. The first-order valence-corrected chi connectivity index (χ1v) is 24.6. The fourth-order valence-electron chi connectivity index (χ4n) is 6.25. The van der Waals surface area contributed by atoms with Crippen LogP contribution in [0.1, 0.15) is 49.3 Å². The molecule has 1 aliphatic heterocycles. The summed E-state index contributed by atoms with van der Waals surface area (Å²) in [5.41, 5.74) is 0.316. The van der Waals surface area contributed by atoms with Crippen LogP contribution < -0.4 is 10.1 Å². The zero-order chi connectivity index (χ0) is 43.0. The van der Waals surface area contributed by atoms with Crippen LogP contribution in [0.5, 0.6) is 5.88 Å². The van der Waals surface area contributed by atoms with Gasteiger partial charge >= 0.3 is 5.51 Å². The summed E-state index contributed by atoms with van der Waals surface area (Å²) in [5, 5.41) is 5.78. The van der Waals surface area contributed by atoms with Gasteiger partial charge in [0.25, 0.3) is 0 Å². The summed E-state index contributed by atoms with van der Waals surface area (Å²) >= 11 is 14.5. The van der Waals surface area contributed by atoms with Gasteiger partial charge in [-0.3, -0.25) is 0 Å². The number of nitrogens with one attached hydrogen (secondary N) is 1. The molecule has 18 heteroatoms. The van der Waals surface area contributed by atoms with Crippen LogP contribution in [0.2, 0.25) is 10.0 Å². The van der Waals surface area contributed by atoms with E-state index < -0.39 is 5.51 Å². The number of rotatable bonds is 26. The quantitative estimate of drug-likeness (QED) is 0.0213. The van der Waals surface area contributed by atoms with Crippen LogP contribution in [-0.4, -0.2) is 113 Å². The van der Waals surface area contributed by atoms with Crippen molar-refractivity contribution in [2.75, 3.05) is 97.7 Å². The van der Waals surface area contributed by atoms with E-state index >= 15 is 0 Å². The van der Waals surface area contributed by atoms with E-state index in [1.807, 2.05) is 80.6 Å². The Hall–Kier alpha value is -1.81. The molecule has 1 aromatic heterocycles. The number of hydrogen-bond acceptors (Lipinski definition) is 12. The van der Waals surface area contributed by atoms with Crippen LogP contribution in [0.25, 0.3) is 10.9 Å². The molecule has 0 bridgehead atoms. The smallest absolute Gasteiger partial charge is 0.456 e. The molecule has 0 atom stereocenters. The van der Waals surface area contributed by atoms with Gasteiger partial charge in [-0.15, -0.1) is 0 Å². The summed E-state index contributed by atoms with van der Waals surface area (Å²) in [6.45, 7) is 9.95. The molecule has 1 N–H and O–H groups in total. The van der Waals surface area contributed by atoms with Crippen LogP contribution in [0.4, 0.5) is 18.9 Å². The van der Waals surface area contributed by atoms with E-state index in [2.05, 4.69) is 32.6 Å². The topological polar surface area (TPSA) is 92.8 Å². The molecule has 0 aliphatic carbocycles. The SMILES string of the molecule is CC.FC(F)(F)SN1CCC(Nc2cc(OCCOCCOCCOCCOCCOCCOSI)nc3ccc(C(c4ccc(Cl)cc4)c4ccc(Cl)cc4)cc23)CC1. The van der Waals surface area contributed by atoms with E-state index in [0.717, 1.165) is 27.8 Å². The molecule has 4 aromatic rings. The lowest BCUT2D eigenvalue weighted by atomic mass is 9.84. The van der Waals surface area contributed by atoms with Crippen molar-refractivity contribution in [2.24, 2.45) is 0 Å². The average Bonchev–Trinajstić information content (AvgIpc) is 3.24. The lowest BCUT2D eigenvalue weighted by Crippen LogP contribution is -2.37. The van der Waals surface area contributed by atoms with Gasteiger partial charge in [-0.25, -0.2) is 9.29 Å². The van der Waals surface area contributed by atoms with Crippen molar-refractivity contribution < 1.29 is 45.8 Å². The van der Waals surface area contributed by atoms with Crippen molar-refractivity contribution >= 4 is 82.2 Å². The van der Waals surface area contributed by atoms with Gasteiger partial charge in [0.15, 0.2) is 0 Å². The summed E-state index contributed by atoms with van der Waals surface area (Å²) in [7, 11) is 1.29. The number of piperidine rings is 1. The van der Waals surface area contributed by atoms with E-state index in [-0.39, 0.29) is 30.5 Å². The summed E-state index contributed by atoms with van der Waals surface area (Å²) in [4.78, 5) is 4.82. The molecule has 0 radical (unpaired) electrons. The molecule has 5 rings (SSSR count). The molecule has 60 heavy (non-hydrogen) atoms. The average molecular weight is 1030 g/mol. The van der Waals surface area contributed by atoms with Crippen molar-refractivity contribution in [2.45, 2.75) is 44.2 Å². The van der Waals surface area contributed by atoms with Crippen LogP contribution in [0, 0.1) is 0 Å². The van der Waals surface area contributed by atoms with Crippen LogP contribution in [-0.2, 0) is 27.9 Å². The van der Waals surface area contributed by atoms with E-state index in [1.165, 1.54) is 13.5 Å². The minimum absolute atomic E-state index is 0.0435. The standard InChI is InChI=1S/C40H47Cl2F3IN3O7S2.C2H6/c41-32-6-1-29(2-7-32)39(30-3-8-33(42)9-4-30)31-5-10-36-35(27-31)37(47-34-11-13-49(14-12-34)57-40(43,44)45)28-38(48-36)55-25-23-53-21-19-51-17-15-50-16-18-52-20-22-54-24-26-56-58-46;1-2/h1-10,27-28,34,39H,11-26H2,(H,47,48);1-2H3. The minimum atomic E-state index is -4.31. The number of alkyl halides is 3. The van der Waals surface area contributed by atoms with E-state index in [4.69, 9.17) is 60.8 Å². The molecule has 332 valence electrons. The van der Waals surface area contributed by atoms with E-state index in [1.54, 1.807) is 0 Å². The number of nitrogens with zero attached hydrogens (tertiary/aromatic N) is 2. The van der Waals surface area contributed by atoms with Crippen molar-refractivity contribution in [3.63, 3.8) is 0 Å². The highest BCUT2D eigenvalue weighted by Gasteiger charge is 2.34. The maximum atomic E-state index is 13.1. The molecule has 0 saturated carbocycles. The Kier molecular flexibility index (Phi) is 24.4. The minimum Gasteiger partial charge on any atom is -0.475 e. The number of pyridine rings is 1. The van der Waals surface area contributed by atoms with Gasteiger partial charge in [-0.2, -0.15) is 13.2 Å². The highest BCUT2D eigenvalue weighted by atomic mass is 127. The van der Waals surface area contributed by atoms with Gasteiger partial charge < -0.3 is 37.9 Å². The number of aromatic nitrogens is 1. The van der Waals surface area contributed by atoms with Crippen molar-refractivity contribution in [1.29, 1.82) is 0 Å². The summed E-state index contributed by atoms with van der Waals surface area (Å²) in [6, 6.07) is 23.5. The molecule has 10 nitrogen and oxygen atoms in total. The highest BCUT2D eigenvalue weighted by molar-refractivity contribution is 14.2. The third kappa shape index (κ3) is 18.9. The van der Waals surface area contributed by atoms with Crippen LogP contribution in [0.3, 0.4) is 0 Å². The van der Waals surface area contributed by atoms with Crippen molar-refractivity contribution in [1.82, 2.24) is 9.29 Å². The third-order valence-electron chi connectivity index (χ3n) is 8.92. The molecule has 2 heterocycles. The second-order valence-electron chi connectivity index (χ2n) is 13.0. The Balaban J connectivity index is 0.00000391. The molecule has 1 aliphatic rings. The van der Waals surface area contributed by atoms with Crippen LogP contribution >= 0.6 is 65.6 Å². The van der Waals surface area contributed by atoms with Gasteiger partial charge in [0, 0.05) is 85.4 Å². The Labute approximate surface area is 382 Å². The second kappa shape index (κ2) is 28.8. The molecule has 0 spiro atoms. The molecule has 0 unspecified atom stereocenters. The lowest BCUT2D eigenvalue weighted by Gasteiger charge is -2.32. The number of anilines is 1. The summed E-state index contributed by atoms with van der Waals surface area (Å²) < 4.78 is 79.4. The molecule has 1 fully saturated rings. The zero-order valence-corrected chi connectivity index (χ0v) is 39.0. The molecular formula is C42H53Cl2F3IN3O7S2. The maximum absolute atomic E-state index is 13.1. The number of ether oxygens (including phenoxy) is 6. The third-order valence-corrected chi connectivity index (χ3v) is 11.3. The van der Waals surface area contributed by atoms with Crippen molar-refractivity contribution in [3.8, 4) is 5.88 Å². The van der Waals surface area contributed by atoms with Gasteiger partial charge in [-0.05, 0) is 65.9 Å². The Morgan fingerprint density at radius 2 is 1.17 bits per heavy atom. The zero-order valence-electron chi connectivity index (χ0n) is 33.7. The fraction of sp³-hybridized carbons (Fsp3) is 0.500. The highest BCUT2D eigenvalue weighted by Crippen LogP contribution is 2.38. The molecule has 3 aromatic carbocycles. The number of benzene rings is 3. The first kappa shape index (κ1) is 50.8. The van der Waals surface area contributed by atoms with Gasteiger partial charge in [-0.1, -0.05) is 67.4 Å². The molecule has 0 amide bonds. The first-order valence-electron chi connectivity index (χ1n) is 19.8. The predicted octanol–water partition coefficient (Wildman–Crippen LogP) is 11.3. The Morgan fingerprint density at radius 3 is 1.65 bits per heavy atom. The molecular weight excluding hydrogens is 977 g/mol. The monoisotopic (exact) mass is 1030 g/mol. The van der Waals surface area contributed by atoms with Gasteiger partial charge in [0.2, 0.25) is 5.88 Å². The summed E-state index contributed by atoms with van der Waals surface area (Å²) in [5.74, 6) is 0.277. The number of halogens is 6.